The summed E-state index contributed by atoms with van der Waals surface area (Å²) in [4.78, 5) is 28.4. The quantitative estimate of drug-likeness (QED) is 0.333. The van der Waals surface area contributed by atoms with E-state index in [1.807, 2.05) is 32.0 Å². The topological polar surface area (TPSA) is 71.0 Å². The number of rotatable bonds is 5. The molecule has 1 amide bonds. The summed E-state index contributed by atoms with van der Waals surface area (Å²) < 4.78 is 0.936. The highest BCUT2D eigenvalue weighted by Gasteiger charge is 2.21. The molecule has 162 valence electrons. The minimum atomic E-state index is -0.0483. The first-order valence-electron chi connectivity index (χ1n) is 10.5. The van der Waals surface area contributed by atoms with Crippen LogP contribution in [0, 0.1) is 13.8 Å². The fraction of sp³-hybridized carbons (Fsp3) is 0.250. The Morgan fingerprint density at radius 1 is 1.16 bits per heavy atom. The molecule has 3 heterocycles. The standard InChI is InChI=1S/C24H23N5OS2/c1-15-7-8-16(2)19(11-15)27-20(30)13-31-23-21-22(25-14-26-23)28-24(32-21)29-10-9-17-5-3-4-6-18(17)12-29/h3-8,11,14H,9-10,12-13H2,1-2H3,(H,27,30). The van der Waals surface area contributed by atoms with Crippen molar-refractivity contribution in [3.63, 3.8) is 0 Å². The maximum absolute atomic E-state index is 12.6. The van der Waals surface area contributed by atoms with Gasteiger partial charge < -0.3 is 10.2 Å². The summed E-state index contributed by atoms with van der Waals surface area (Å²) in [7, 11) is 0. The zero-order valence-corrected chi connectivity index (χ0v) is 19.6. The second-order valence-electron chi connectivity index (χ2n) is 7.92. The predicted molar refractivity (Wildman–Crippen MR) is 132 cm³/mol. The van der Waals surface area contributed by atoms with Crippen molar-refractivity contribution < 1.29 is 4.79 Å². The van der Waals surface area contributed by atoms with Crippen LogP contribution >= 0.6 is 23.1 Å². The third kappa shape index (κ3) is 4.33. The highest BCUT2D eigenvalue weighted by atomic mass is 32.2. The monoisotopic (exact) mass is 461 g/mol. The Labute approximate surface area is 195 Å². The molecule has 0 aliphatic carbocycles. The molecule has 8 heteroatoms. The number of benzene rings is 2. The Bertz CT molecular complexity index is 1300. The lowest BCUT2D eigenvalue weighted by Gasteiger charge is -2.28. The maximum Gasteiger partial charge on any atom is 0.234 e. The van der Waals surface area contributed by atoms with E-state index in [1.165, 1.54) is 29.2 Å². The lowest BCUT2D eigenvalue weighted by molar-refractivity contribution is -0.113. The first kappa shape index (κ1) is 20.9. The molecule has 1 aliphatic rings. The minimum Gasteiger partial charge on any atom is -0.343 e. The Balaban J connectivity index is 1.31. The predicted octanol–water partition coefficient (Wildman–Crippen LogP) is 5.00. The van der Waals surface area contributed by atoms with Gasteiger partial charge in [0.15, 0.2) is 10.8 Å². The van der Waals surface area contributed by atoms with Crippen LogP contribution in [0.15, 0.2) is 53.8 Å². The fourth-order valence-electron chi connectivity index (χ4n) is 3.81. The number of nitrogens with one attached hydrogen (secondary N) is 1. The zero-order valence-electron chi connectivity index (χ0n) is 18.0. The second-order valence-corrected chi connectivity index (χ2v) is 9.87. The number of carbonyl (C=O) groups excluding carboxylic acids is 1. The lowest BCUT2D eigenvalue weighted by Crippen LogP contribution is -2.30. The first-order chi connectivity index (χ1) is 15.6. The van der Waals surface area contributed by atoms with E-state index < -0.39 is 0 Å². The summed E-state index contributed by atoms with van der Waals surface area (Å²) in [6.45, 7) is 5.80. The van der Waals surface area contributed by atoms with E-state index in [1.54, 1.807) is 11.3 Å². The second kappa shape index (κ2) is 8.88. The first-order valence-corrected chi connectivity index (χ1v) is 12.3. The van der Waals surface area contributed by atoms with Gasteiger partial charge in [-0.3, -0.25) is 4.79 Å². The number of hydrogen-bond donors (Lipinski definition) is 1. The number of anilines is 2. The van der Waals surface area contributed by atoms with Crippen molar-refractivity contribution in [1.29, 1.82) is 0 Å². The highest BCUT2D eigenvalue weighted by Crippen LogP contribution is 2.35. The van der Waals surface area contributed by atoms with Gasteiger partial charge in [-0.2, -0.15) is 4.98 Å². The molecule has 1 aliphatic heterocycles. The Kier molecular flexibility index (Phi) is 5.80. The van der Waals surface area contributed by atoms with Crippen molar-refractivity contribution in [1.82, 2.24) is 15.0 Å². The Morgan fingerprint density at radius 2 is 2.00 bits per heavy atom. The third-order valence-corrected chi connectivity index (χ3v) is 7.79. The summed E-state index contributed by atoms with van der Waals surface area (Å²) >= 11 is 3.03. The average molecular weight is 462 g/mol. The average Bonchev–Trinajstić information content (AvgIpc) is 3.25. The lowest BCUT2D eigenvalue weighted by atomic mass is 10.0. The van der Waals surface area contributed by atoms with E-state index in [2.05, 4.69) is 44.5 Å². The minimum absolute atomic E-state index is 0.0483. The molecule has 32 heavy (non-hydrogen) atoms. The smallest absolute Gasteiger partial charge is 0.234 e. The van der Waals surface area contributed by atoms with E-state index in [-0.39, 0.29) is 11.7 Å². The van der Waals surface area contributed by atoms with E-state index >= 15 is 0 Å². The molecule has 5 rings (SSSR count). The summed E-state index contributed by atoms with van der Waals surface area (Å²) in [5, 5.41) is 4.77. The van der Waals surface area contributed by atoms with Crippen molar-refractivity contribution in [2.45, 2.75) is 31.8 Å². The molecule has 0 spiro atoms. The van der Waals surface area contributed by atoms with Gasteiger partial charge in [0.2, 0.25) is 5.91 Å². The van der Waals surface area contributed by atoms with Gasteiger partial charge in [0.1, 0.15) is 16.1 Å². The number of aryl methyl sites for hydroxylation is 2. The van der Waals surface area contributed by atoms with Crippen LogP contribution in [-0.4, -0.2) is 33.2 Å². The molecule has 0 fully saturated rings. The number of fused-ring (bicyclic) bond motifs is 2. The molecule has 2 aromatic heterocycles. The molecule has 0 unspecified atom stereocenters. The van der Waals surface area contributed by atoms with Crippen molar-refractivity contribution >= 4 is 50.2 Å². The molecule has 6 nitrogen and oxygen atoms in total. The Hall–Kier alpha value is -2.97. The van der Waals surface area contributed by atoms with E-state index in [0.717, 1.165) is 51.2 Å². The van der Waals surface area contributed by atoms with Crippen LogP contribution in [0.25, 0.3) is 10.3 Å². The molecule has 0 bridgehead atoms. The van der Waals surface area contributed by atoms with Crippen molar-refractivity contribution in [2.75, 3.05) is 22.5 Å². The van der Waals surface area contributed by atoms with Crippen LogP contribution in [0.4, 0.5) is 10.8 Å². The molecule has 2 aromatic carbocycles. The fourth-order valence-corrected chi connectivity index (χ4v) is 5.73. The van der Waals surface area contributed by atoms with Crippen LogP contribution < -0.4 is 10.2 Å². The molecule has 0 saturated carbocycles. The van der Waals surface area contributed by atoms with Crippen molar-refractivity contribution in [3.05, 3.63) is 71.0 Å². The number of hydrogen-bond acceptors (Lipinski definition) is 7. The molecule has 0 radical (unpaired) electrons. The van der Waals surface area contributed by atoms with Crippen molar-refractivity contribution in [3.8, 4) is 0 Å². The highest BCUT2D eigenvalue weighted by molar-refractivity contribution is 8.00. The summed E-state index contributed by atoms with van der Waals surface area (Å²) in [6, 6.07) is 14.6. The van der Waals surface area contributed by atoms with Gasteiger partial charge in [-0.25, -0.2) is 9.97 Å². The largest absolute Gasteiger partial charge is 0.343 e. The molecule has 4 aromatic rings. The number of thioether (sulfide) groups is 1. The van der Waals surface area contributed by atoms with E-state index in [9.17, 15) is 4.79 Å². The zero-order chi connectivity index (χ0) is 22.1. The third-order valence-electron chi connectivity index (χ3n) is 5.56. The van der Waals surface area contributed by atoms with Crippen LogP contribution in [0.2, 0.25) is 0 Å². The van der Waals surface area contributed by atoms with Gasteiger partial charge in [-0.15, -0.1) is 0 Å². The van der Waals surface area contributed by atoms with E-state index in [0.29, 0.717) is 5.65 Å². The Morgan fingerprint density at radius 3 is 2.88 bits per heavy atom. The molecular formula is C24H23N5OS2. The van der Waals surface area contributed by atoms with Gasteiger partial charge in [0, 0.05) is 18.8 Å². The van der Waals surface area contributed by atoms with Gasteiger partial charge in [0.05, 0.1) is 5.75 Å². The van der Waals surface area contributed by atoms with Crippen LogP contribution in [0.1, 0.15) is 22.3 Å². The van der Waals surface area contributed by atoms with Crippen molar-refractivity contribution in [2.24, 2.45) is 0 Å². The molecule has 0 saturated heterocycles. The number of aromatic nitrogens is 3. The summed E-state index contributed by atoms with van der Waals surface area (Å²) in [5.41, 5.74) is 6.48. The molecule has 0 atom stereocenters. The van der Waals surface area contributed by atoms with Gasteiger partial charge in [-0.05, 0) is 48.6 Å². The number of nitrogens with zero attached hydrogens (tertiary/aromatic N) is 4. The SMILES string of the molecule is Cc1ccc(C)c(NC(=O)CSc2ncnc3nc(N4CCc5ccccc5C4)sc23)c1. The van der Waals surface area contributed by atoms with Gasteiger partial charge in [0.25, 0.3) is 0 Å². The molecular weight excluding hydrogens is 438 g/mol. The summed E-state index contributed by atoms with van der Waals surface area (Å²) in [5.74, 6) is 0.233. The van der Waals surface area contributed by atoms with Gasteiger partial charge >= 0.3 is 0 Å². The van der Waals surface area contributed by atoms with Crippen LogP contribution in [0.3, 0.4) is 0 Å². The number of amides is 1. The van der Waals surface area contributed by atoms with Gasteiger partial charge in [-0.1, -0.05) is 59.5 Å². The summed E-state index contributed by atoms with van der Waals surface area (Å²) in [6.07, 6.45) is 2.54. The van der Waals surface area contributed by atoms with Crippen LogP contribution in [0.5, 0.6) is 0 Å². The number of carbonyl (C=O) groups is 1. The van der Waals surface area contributed by atoms with E-state index in [4.69, 9.17) is 4.98 Å². The number of thiazole rings is 1. The van der Waals surface area contributed by atoms with Crippen LogP contribution in [-0.2, 0) is 17.8 Å². The normalized spacial score (nSPS) is 13.2. The maximum atomic E-state index is 12.6. The molecule has 1 N–H and O–H groups in total.